The number of rotatable bonds is 8. The van der Waals surface area contributed by atoms with Gasteiger partial charge in [0.1, 0.15) is 24.4 Å². The van der Waals surface area contributed by atoms with E-state index in [1.54, 1.807) is 34.1 Å². The Morgan fingerprint density at radius 1 is 0.913 bits per heavy atom. The number of nitrogens with zero attached hydrogens (tertiary/aromatic N) is 2. The van der Waals surface area contributed by atoms with Gasteiger partial charge in [-0.2, -0.15) is 0 Å². The smallest absolute Gasteiger partial charge is 0.329 e. The third-order valence-corrected chi connectivity index (χ3v) is 14.8. The number of esters is 1. The molecular formula is C54H82N2O13. The molecule has 386 valence electrons. The number of aliphatic hydroxyl groups excluding tert-OH is 2. The number of allylic oxidation sites excluding steroid dienone is 6. The Labute approximate surface area is 411 Å². The van der Waals surface area contributed by atoms with Crippen molar-refractivity contribution in [1.29, 1.82) is 0 Å². The fourth-order valence-corrected chi connectivity index (χ4v) is 10.4. The number of carbonyl (C=O) groups is 4. The Morgan fingerprint density at radius 3 is 2.33 bits per heavy atom. The zero-order chi connectivity index (χ0) is 51.0. The number of hydrogen-bond acceptors (Lipinski definition) is 14. The van der Waals surface area contributed by atoms with Crippen LogP contribution in [0.5, 0.6) is 0 Å². The maximum atomic E-state index is 14.6. The quantitative estimate of drug-likeness (QED) is 0.0587. The molecule has 2 bridgehead atoms. The number of terminal acetylenes is 1. The molecule has 0 aromatic carbocycles. The molecule has 0 radical (unpaired) electrons. The molecule has 4 rings (SSSR count). The summed E-state index contributed by atoms with van der Waals surface area (Å²) in [5, 5.41) is 38.7. The topological polar surface area (TPSA) is 200 Å². The number of piperidine rings is 1. The lowest BCUT2D eigenvalue weighted by Gasteiger charge is -2.42. The number of cyclic esters (lactones) is 1. The van der Waals surface area contributed by atoms with Gasteiger partial charge in [0.05, 0.1) is 30.1 Å². The largest absolute Gasteiger partial charge is 0.460 e. The number of Topliss-reactive ketones (excluding diaryl/α,β-unsaturated/α-hetero) is 2. The highest BCUT2D eigenvalue weighted by atomic mass is 16.6. The van der Waals surface area contributed by atoms with E-state index in [1.807, 2.05) is 65.0 Å². The second kappa shape index (κ2) is 27.6. The van der Waals surface area contributed by atoms with Crippen LogP contribution >= 0.6 is 0 Å². The van der Waals surface area contributed by atoms with Crippen molar-refractivity contribution >= 4 is 29.2 Å². The fraction of sp³-hybridized carbons (Fsp3) is 0.722. The van der Waals surface area contributed by atoms with Crippen LogP contribution in [0.2, 0.25) is 0 Å². The molecule has 1 amide bonds. The number of methoxy groups -OCH3 is 3. The molecule has 3 aliphatic heterocycles. The van der Waals surface area contributed by atoms with Crippen molar-refractivity contribution in [3.05, 3.63) is 47.6 Å². The van der Waals surface area contributed by atoms with Crippen molar-refractivity contribution in [2.24, 2.45) is 40.7 Å². The molecular weight excluding hydrogens is 885 g/mol. The van der Waals surface area contributed by atoms with Crippen molar-refractivity contribution in [2.45, 2.75) is 180 Å². The number of fused-ring (bicyclic) bond motifs is 3. The van der Waals surface area contributed by atoms with Gasteiger partial charge in [0.2, 0.25) is 5.79 Å². The Balaban J connectivity index is 1.78. The van der Waals surface area contributed by atoms with Gasteiger partial charge in [-0.1, -0.05) is 82.2 Å². The van der Waals surface area contributed by atoms with Gasteiger partial charge in [-0.25, -0.2) is 4.79 Å². The average Bonchev–Trinajstić information content (AvgIpc) is 3.33. The van der Waals surface area contributed by atoms with Gasteiger partial charge in [-0.15, -0.1) is 6.42 Å². The van der Waals surface area contributed by atoms with Crippen LogP contribution in [0.15, 0.2) is 52.8 Å². The molecule has 1 aliphatic carbocycles. The van der Waals surface area contributed by atoms with E-state index in [2.05, 4.69) is 11.1 Å². The number of aliphatic hydroxyl groups is 3. The molecule has 0 spiro atoms. The Kier molecular flexibility index (Phi) is 23.0. The zero-order valence-corrected chi connectivity index (χ0v) is 42.8. The zero-order valence-electron chi connectivity index (χ0n) is 42.8. The first-order valence-corrected chi connectivity index (χ1v) is 25.1. The Bertz CT molecular complexity index is 1920. The summed E-state index contributed by atoms with van der Waals surface area (Å²) < 4.78 is 29.8. The van der Waals surface area contributed by atoms with E-state index in [1.165, 1.54) is 12.0 Å². The highest BCUT2D eigenvalue weighted by Crippen LogP contribution is 2.38. The van der Waals surface area contributed by atoms with Crippen molar-refractivity contribution in [3.63, 3.8) is 0 Å². The Morgan fingerprint density at radius 2 is 1.65 bits per heavy atom. The fourth-order valence-electron chi connectivity index (χ4n) is 10.4. The van der Waals surface area contributed by atoms with E-state index < -0.39 is 83.9 Å². The highest BCUT2D eigenvalue weighted by Gasteiger charge is 2.53. The van der Waals surface area contributed by atoms with E-state index in [0.29, 0.717) is 69.1 Å². The summed E-state index contributed by atoms with van der Waals surface area (Å²) >= 11 is 0. The first-order valence-electron chi connectivity index (χ1n) is 25.1. The Hall–Kier alpha value is -4.01. The summed E-state index contributed by atoms with van der Waals surface area (Å²) in [6.07, 6.45) is 17.4. The van der Waals surface area contributed by atoms with Crippen molar-refractivity contribution in [1.82, 2.24) is 4.90 Å². The molecule has 15 nitrogen and oxygen atoms in total. The lowest BCUT2D eigenvalue weighted by atomic mass is 9.78. The molecule has 3 heterocycles. The summed E-state index contributed by atoms with van der Waals surface area (Å²) in [5.74, 6) is -4.92. The SMILES string of the molecule is C#CCO/N=C1/C[C@@H]([C@H](C)C[C@@H]2CC[C@@H](O)[C@H](OC)C2)OC(=O)[C@@H]2CCCCN2C(=O)C(=O)[C@]2(O)O[C@@H](CC[C@H]2C)C[C@H](OC)/C(C)=C/C=C/C=C/[C@@H](C)C[C@@H](C)C(=O)[C@H](OC)[C@H](O)/C(C)=C/[C@H]1C. The van der Waals surface area contributed by atoms with E-state index >= 15 is 0 Å². The van der Waals surface area contributed by atoms with Crippen molar-refractivity contribution < 1.29 is 63.0 Å². The number of ether oxygens (including phenoxy) is 5. The number of ketones is 2. The third kappa shape index (κ3) is 15.7. The summed E-state index contributed by atoms with van der Waals surface area (Å²) in [6.45, 7) is 12.9. The third-order valence-electron chi connectivity index (χ3n) is 14.8. The maximum absolute atomic E-state index is 14.6. The van der Waals surface area contributed by atoms with Gasteiger partial charge in [0.25, 0.3) is 11.7 Å². The van der Waals surface area contributed by atoms with Crippen LogP contribution in [0.4, 0.5) is 0 Å². The predicted molar refractivity (Wildman–Crippen MR) is 262 cm³/mol. The molecule has 3 fully saturated rings. The summed E-state index contributed by atoms with van der Waals surface area (Å²) in [5.41, 5.74) is 1.78. The first kappa shape index (κ1) is 57.6. The van der Waals surface area contributed by atoms with Crippen LogP contribution in [0.25, 0.3) is 0 Å². The van der Waals surface area contributed by atoms with Crippen LogP contribution in [-0.2, 0) is 47.7 Å². The van der Waals surface area contributed by atoms with Crippen LogP contribution in [0, 0.1) is 47.9 Å². The maximum Gasteiger partial charge on any atom is 0.329 e. The van der Waals surface area contributed by atoms with Gasteiger partial charge >= 0.3 is 5.97 Å². The van der Waals surface area contributed by atoms with Gasteiger partial charge in [0, 0.05) is 58.5 Å². The van der Waals surface area contributed by atoms with Gasteiger partial charge in [-0.05, 0) is 107 Å². The van der Waals surface area contributed by atoms with E-state index in [0.717, 1.165) is 12.0 Å². The predicted octanol–water partition coefficient (Wildman–Crippen LogP) is 6.62. The summed E-state index contributed by atoms with van der Waals surface area (Å²) in [4.78, 5) is 64.0. The number of oxime groups is 1. The van der Waals surface area contributed by atoms with E-state index in [9.17, 15) is 34.5 Å². The van der Waals surface area contributed by atoms with Gasteiger partial charge in [-0.3, -0.25) is 14.4 Å². The number of carbonyl (C=O) groups excluding carboxylic acids is 4. The van der Waals surface area contributed by atoms with E-state index in [-0.39, 0.29) is 55.6 Å². The highest BCUT2D eigenvalue weighted by molar-refractivity contribution is 6.39. The van der Waals surface area contributed by atoms with Crippen LogP contribution in [0.3, 0.4) is 0 Å². The normalized spacial score (nSPS) is 39.2. The first-order chi connectivity index (χ1) is 32.8. The number of hydrogen-bond donors (Lipinski definition) is 3. The van der Waals surface area contributed by atoms with E-state index in [4.69, 9.17) is 34.9 Å². The molecule has 15 heteroatoms. The second-order valence-electron chi connectivity index (χ2n) is 20.2. The molecule has 15 atom stereocenters. The molecule has 0 aromatic rings. The molecule has 0 aromatic heterocycles. The lowest BCUT2D eigenvalue weighted by molar-refractivity contribution is -0.265. The lowest BCUT2D eigenvalue weighted by Crippen LogP contribution is -2.61. The van der Waals surface area contributed by atoms with Crippen LogP contribution in [-0.4, -0.2) is 138 Å². The monoisotopic (exact) mass is 967 g/mol. The van der Waals surface area contributed by atoms with Crippen molar-refractivity contribution in [3.8, 4) is 12.3 Å². The van der Waals surface area contributed by atoms with Gasteiger partial charge in [0.15, 0.2) is 12.4 Å². The molecule has 69 heavy (non-hydrogen) atoms. The minimum Gasteiger partial charge on any atom is -0.460 e. The molecule has 0 unspecified atom stereocenters. The molecule has 1 saturated carbocycles. The van der Waals surface area contributed by atoms with Crippen LogP contribution < -0.4 is 0 Å². The second-order valence-corrected chi connectivity index (χ2v) is 20.2. The average molecular weight is 967 g/mol. The molecule has 2 saturated heterocycles. The standard InChI is InChI=1S/C54H82N2O13/c1-12-26-67-55-42-32-46(36(5)29-40-22-24-44(57)47(30-40)65-10)68-53(62)43-20-16-17-25-56(43)52(61)51(60)54(63)39(8)21-23-41(69-54)31-45(64-9)34(3)19-15-13-14-18-33(2)27-37(6)48(58)50(66-11)49(59)38(7)28-35(42)4/h1,13-15,18-19,28,33,35-37,39-41,43-47,49-50,57,59,63H,16-17,20-27,29-32H2,2-11H3/b15-13+,18-14+,34-19+,38-28+,55-42-/t33-,35-,36-,37-,39-,40+,41+,43+,44-,45+,46+,47-,49-,50+,54-/m1/s1. The molecule has 3 N–H and O–H groups in total. The van der Waals surface area contributed by atoms with Gasteiger partial charge < -0.3 is 48.7 Å². The summed E-state index contributed by atoms with van der Waals surface area (Å²) in [7, 11) is 4.56. The van der Waals surface area contributed by atoms with Crippen LogP contribution in [0.1, 0.15) is 126 Å². The summed E-state index contributed by atoms with van der Waals surface area (Å²) in [6, 6.07) is -1.13. The number of amides is 1. The van der Waals surface area contributed by atoms with Crippen molar-refractivity contribution in [2.75, 3.05) is 34.5 Å². The minimum absolute atomic E-state index is 0.0185. The molecule has 4 aliphatic rings. The minimum atomic E-state index is -2.43.